The minimum Gasteiger partial charge on any atom is -0.393 e. The van der Waals surface area contributed by atoms with Crippen molar-refractivity contribution < 1.29 is 9.90 Å². The largest absolute Gasteiger partial charge is 0.393 e. The Balaban J connectivity index is 1.76. The molecule has 0 saturated carbocycles. The molecule has 1 aromatic rings. The predicted octanol–water partition coefficient (Wildman–Crippen LogP) is 1.81. The molecule has 0 unspecified atom stereocenters. The van der Waals surface area contributed by atoms with Crippen LogP contribution in [0.25, 0.3) is 0 Å². The van der Waals surface area contributed by atoms with Crippen molar-refractivity contribution >= 4 is 11.6 Å². The summed E-state index contributed by atoms with van der Waals surface area (Å²) in [5.74, 6) is 0.184. The highest BCUT2D eigenvalue weighted by Crippen LogP contribution is 2.32. The number of hydrogen-bond acceptors (Lipinski definition) is 3. The molecule has 0 spiro atoms. The molecule has 2 atom stereocenters. The van der Waals surface area contributed by atoms with Crippen LogP contribution < -0.4 is 4.90 Å². The lowest BCUT2D eigenvalue weighted by Gasteiger charge is -2.36. The first-order chi connectivity index (χ1) is 10.1. The number of carbonyl (C=O) groups excluding carboxylic acids is 1. The summed E-state index contributed by atoms with van der Waals surface area (Å²) in [5, 5.41) is 9.61. The normalized spacial score (nSPS) is 24.9. The summed E-state index contributed by atoms with van der Waals surface area (Å²) in [7, 11) is 0. The van der Waals surface area contributed by atoms with Crippen LogP contribution in [0.1, 0.15) is 32.3 Å². The van der Waals surface area contributed by atoms with Crippen LogP contribution >= 0.6 is 0 Å². The van der Waals surface area contributed by atoms with Crippen LogP contribution in [-0.4, -0.2) is 47.2 Å². The van der Waals surface area contributed by atoms with Crippen molar-refractivity contribution in [3.63, 3.8) is 0 Å². The third-order valence-corrected chi connectivity index (χ3v) is 4.85. The molecular formula is C17H24N2O2. The fourth-order valence-corrected chi connectivity index (χ4v) is 3.53. The van der Waals surface area contributed by atoms with Gasteiger partial charge < -0.3 is 10.0 Å². The smallest absolute Gasteiger partial charge is 0.244 e. The molecule has 21 heavy (non-hydrogen) atoms. The van der Waals surface area contributed by atoms with Gasteiger partial charge in [0, 0.05) is 24.8 Å². The van der Waals surface area contributed by atoms with Crippen LogP contribution in [0, 0.1) is 0 Å². The number of anilines is 1. The summed E-state index contributed by atoms with van der Waals surface area (Å²) in [6, 6.07) is 8.30. The van der Waals surface area contributed by atoms with Crippen molar-refractivity contribution in [2.24, 2.45) is 0 Å². The molecule has 0 radical (unpaired) electrons. The maximum absolute atomic E-state index is 12.9. The second-order valence-electron chi connectivity index (χ2n) is 6.33. The number of aliphatic hydroxyl groups is 1. The molecule has 2 aliphatic rings. The standard InChI is InChI=1S/C17H24N2O2/c1-12-11-14-5-3-4-6-16(14)19(12)17(21)13(2)18-9-7-15(20)8-10-18/h3-6,12-13,15,20H,7-11H2,1-2H3/t12-,13-/m0/s1. The number of piperidine rings is 1. The number of aliphatic hydroxyl groups excluding tert-OH is 1. The zero-order chi connectivity index (χ0) is 15.0. The van der Waals surface area contributed by atoms with E-state index in [4.69, 9.17) is 0 Å². The number of benzene rings is 1. The van der Waals surface area contributed by atoms with Crippen LogP contribution in [-0.2, 0) is 11.2 Å². The molecule has 3 rings (SSSR count). The van der Waals surface area contributed by atoms with Crippen LogP contribution in [0.15, 0.2) is 24.3 Å². The maximum Gasteiger partial charge on any atom is 0.244 e. The van der Waals surface area contributed by atoms with Crippen molar-refractivity contribution in [3.05, 3.63) is 29.8 Å². The number of nitrogens with zero attached hydrogens (tertiary/aromatic N) is 2. The van der Waals surface area contributed by atoms with Gasteiger partial charge >= 0.3 is 0 Å². The number of carbonyl (C=O) groups is 1. The van der Waals surface area contributed by atoms with E-state index < -0.39 is 0 Å². The van der Waals surface area contributed by atoms with Gasteiger partial charge in [0.1, 0.15) is 0 Å². The van der Waals surface area contributed by atoms with Gasteiger partial charge in [-0.3, -0.25) is 9.69 Å². The summed E-state index contributed by atoms with van der Waals surface area (Å²) in [5.41, 5.74) is 2.33. The molecule has 2 aliphatic heterocycles. The highest BCUT2D eigenvalue weighted by atomic mass is 16.3. The van der Waals surface area contributed by atoms with E-state index in [1.807, 2.05) is 30.0 Å². The SMILES string of the molecule is C[C@@H](C(=O)N1c2ccccc2C[C@@H]1C)N1CCC(O)CC1. The van der Waals surface area contributed by atoms with E-state index >= 15 is 0 Å². The lowest BCUT2D eigenvalue weighted by Crippen LogP contribution is -2.51. The van der Waals surface area contributed by atoms with Gasteiger partial charge in [0.25, 0.3) is 0 Å². The molecule has 0 aromatic heterocycles. The molecule has 0 aliphatic carbocycles. The summed E-state index contributed by atoms with van der Waals surface area (Å²) in [6.45, 7) is 5.72. The fraction of sp³-hybridized carbons (Fsp3) is 0.588. The Bertz CT molecular complexity index is 523. The summed E-state index contributed by atoms with van der Waals surface area (Å²) in [4.78, 5) is 17.1. The molecule has 2 heterocycles. The topological polar surface area (TPSA) is 43.8 Å². The summed E-state index contributed by atoms with van der Waals surface area (Å²) >= 11 is 0. The number of rotatable bonds is 2. The lowest BCUT2D eigenvalue weighted by atomic mass is 10.1. The first-order valence-corrected chi connectivity index (χ1v) is 7.91. The zero-order valence-electron chi connectivity index (χ0n) is 12.8. The minimum absolute atomic E-state index is 0.119. The first kappa shape index (κ1) is 14.5. The molecule has 0 bridgehead atoms. The number of hydrogen-bond donors (Lipinski definition) is 1. The van der Waals surface area contributed by atoms with Crippen LogP contribution in [0.2, 0.25) is 0 Å². The Morgan fingerprint density at radius 3 is 2.67 bits per heavy atom. The summed E-state index contributed by atoms with van der Waals surface area (Å²) in [6.07, 6.45) is 2.27. The Labute approximate surface area is 126 Å². The van der Waals surface area contributed by atoms with Gasteiger partial charge in [0.2, 0.25) is 5.91 Å². The Morgan fingerprint density at radius 1 is 1.29 bits per heavy atom. The van der Waals surface area contributed by atoms with Crippen LogP contribution in [0.3, 0.4) is 0 Å². The molecule has 4 nitrogen and oxygen atoms in total. The molecule has 1 aromatic carbocycles. The van der Waals surface area contributed by atoms with E-state index in [1.54, 1.807) is 0 Å². The van der Waals surface area contributed by atoms with Gasteiger partial charge in [0.05, 0.1) is 12.1 Å². The molecule has 1 fully saturated rings. The number of likely N-dealkylation sites (tertiary alicyclic amines) is 1. The Hall–Kier alpha value is -1.39. The third-order valence-electron chi connectivity index (χ3n) is 4.85. The van der Waals surface area contributed by atoms with E-state index in [-0.39, 0.29) is 24.1 Å². The van der Waals surface area contributed by atoms with Gasteiger partial charge in [-0.1, -0.05) is 18.2 Å². The predicted molar refractivity (Wildman–Crippen MR) is 83.4 cm³/mol. The van der Waals surface area contributed by atoms with Crippen molar-refractivity contribution in [1.29, 1.82) is 0 Å². The second kappa shape index (κ2) is 5.78. The number of fused-ring (bicyclic) bond motifs is 1. The zero-order valence-corrected chi connectivity index (χ0v) is 12.8. The van der Waals surface area contributed by atoms with Gasteiger partial charge in [0.15, 0.2) is 0 Å². The average molecular weight is 288 g/mol. The van der Waals surface area contributed by atoms with Gasteiger partial charge in [-0.05, 0) is 44.7 Å². The summed E-state index contributed by atoms with van der Waals surface area (Å²) < 4.78 is 0. The highest BCUT2D eigenvalue weighted by molar-refractivity contribution is 5.99. The molecule has 114 valence electrons. The van der Waals surface area contributed by atoms with Crippen molar-refractivity contribution in [3.8, 4) is 0 Å². The van der Waals surface area contributed by atoms with E-state index in [9.17, 15) is 9.90 Å². The fourth-order valence-electron chi connectivity index (χ4n) is 3.53. The van der Waals surface area contributed by atoms with E-state index in [0.29, 0.717) is 0 Å². The molecular weight excluding hydrogens is 264 g/mol. The van der Waals surface area contributed by atoms with Crippen LogP contribution in [0.4, 0.5) is 5.69 Å². The number of para-hydroxylation sites is 1. The first-order valence-electron chi connectivity index (χ1n) is 7.91. The van der Waals surface area contributed by atoms with E-state index in [1.165, 1.54) is 5.56 Å². The van der Waals surface area contributed by atoms with Gasteiger partial charge in [-0.2, -0.15) is 0 Å². The third kappa shape index (κ3) is 2.70. The van der Waals surface area contributed by atoms with Crippen molar-refractivity contribution in [1.82, 2.24) is 4.90 Å². The minimum atomic E-state index is -0.199. The van der Waals surface area contributed by atoms with Gasteiger partial charge in [-0.15, -0.1) is 0 Å². The molecule has 1 N–H and O–H groups in total. The number of amides is 1. The average Bonchev–Trinajstić information content (AvgIpc) is 2.82. The molecule has 1 saturated heterocycles. The van der Waals surface area contributed by atoms with E-state index in [0.717, 1.165) is 38.0 Å². The maximum atomic E-state index is 12.9. The molecule has 1 amide bonds. The molecule has 4 heteroatoms. The van der Waals surface area contributed by atoms with Gasteiger partial charge in [-0.25, -0.2) is 0 Å². The lowest BCUT2D eigenvalue weighted by molar-refractivity contribution is -0.124. The quantitative estimate of drug-likeness (QED) is 0.902. The Morgan fingerprint density at radius 2 is 1.95 bits per heavy atom. The van der Waals surface area contributed by atoms with Crippen molar-refractivity contribution in [2.45, 2.75) is 51.3 Å². The Kier molecular flexibility index (Phi) is 4.00. The van der Waals surface area contributed by atoms with Crippen LogP contribution in [0.5, 0.6) is 0 Å². The highest BCUT2D eigenvalue weighted by Gasteiger charge is 2.35. The van der Waals surface area contributed by atoms with E-state index in [2.05, 4.69) is 17.9 Å². The van der Waals surface area contributed by atoms with Crippen molar-refractivity contribution in [2.75, 3.05) is 18.0 Å². The monoisotopic (exact) mass is 288 g/mol. The second-order valence-corrected chi connectivity index (χ2v) is 6.33.